The number of nitrogens with zero attached hydrogens (tertiary/aromatic N) is 4. The monoisotopic (exact) mass is 449 g/mol. The first kappa shape index (κ1) is 23.0. The van der Waals surface area contributed by atoms with Crippen LogP contribution < -0.4 is 16.0 Å². The van der Waals surface area contributed by atoms with Crippen molar-refractivity contribution in [2.75, 3.05) is 5.32 Å². The van der Waals surface area contributed by atoms with Gasteiger partial charge in [-0.05, 0) is 84.9 Å². The molecule has 0 atom stereocenters. The Balaban J connectivity index is 1.49. The molecular formula is C25H35N7O. The fourth-order valence-corrected chi connectivity index (χ4v) is 4.47. The first-order valence-electron chi connectivity index (χ1n) is 11.8. The lowest BCUT2D eigenvalue weighted by Crippen LogP contribution is -2.50. The molecule has 3 N–H and O–H groups in total. The summed E-state index contributed by atoms with van der Waals surface area (Å²) in [7, 11) is 0. The predicted octanol–water partition coefficient (Wildman–Crippen LogP) is 4.56. The van der Waals surface area contributed by atoms with Crippen LogP contribution in [-0.2, 0) is 0 Å². The summed E-state index contributed by atoms with van der Waals surface area (Å²) in [6.07, 6.45) is 3.81. The molecule has 2 amide bonds. The van der Waals surface area contributed by atoms with E-state index in [1.54, 1.807) is 0 Å². The third-order valence-electron chi connectivity index (χ3n) is 5.95. The third kappa shape index (κ3) is 5.43. The summed E-state index contributed by atoms with van der Waals surface area (Å²) in [6.45, 7) is 12.0. The van der Waals surface area contributed by atoms with Crippen LogP contribution in [0.2, 0.25) is 0 Å². The number of aromatic nitrogens is 4. The zero-order valence-corrected chi connectivity index (χ0v) is 20.5. The van der Waals surface area contributed by atoms with Crippen LogP contribution in [0.3, 0.4) is 0 Å². The molecule has 1 aromatic carbocycles. The van der Waals surface area contributed by atoms with E-state index in [-0.39, 0.29) is 17.6 Å². The van der Waals surface area contributed by atoms with Crippen LogP contribution >= 0.6 is 0 Å². The maximum absolute atomic E-state index is 12.2. The summed E-state index contributed by atoms with van der Waals surface area (Å²) < 4.78 is 1.91. The average molecular weight is 450 g/mol. The van der Waals surface area contributed by atoms with Gasteiger partial charge in [-0.2, -0.15) is 5.10 Å². The highest BCUT2D eigenvalue weighted by Crippen LogP contribution is 2.29. The lowest BCUT2D eigenvalue weighted by atomic mass is 9.91. The van der Waals surface area contributed by atoms with E-state index in [9.17, 15) is 4.79 Å². The maximum atomic E-state index is 12.2. The van der Waals surface area contributed by atoms with Crippen LogP contribution in [0.4, 0.5) is 10.6 Å². The first-order chi connectivity index (χ1) is 15.6. The molecule has 0 bridgehead atoms. The van der Waals surface area contributed by atoms with E-state index in [2.05, 4.69) is 35.0 Å². The Kier molecular flexibility index (Phi) is 6.28. The Morgan fingerprint density at radius 1 is 1.03 bits per heavy atom. The predicted molar refractivity (Wildman–Crippen MR) is 132 cm³/mol. The molecule has 1 fully saturated rings. The molecule has 8 nitrogen and oxygen atoms in total. The normalized spacial score (nSPS) is 18.8. The highest BCUT2D eigenvalue weighted by Gasteiger charge is 2.25. The molecule has 0 aliphatic heterocycles. The van der Waals surface area contributed by atoms with E-state index in [1.807, 2.05) is 51.4 Å². The number of amides is 2. The molecule has 4 rings (SSSR count). The van der Waals surface area contributed by atoms with Gasteiger partial charge in [0.1, 0.15) is 11.6 Å². The molecular weight excluding hydrogens is 414 g/mol. The summed E-state index contributed by atoms with van der Waals surface area (Å²) in [5.74, 6) is 1.56. The second-order valence-corrected chi connectivity index (χ2v) is 10.2. The molecule has 2 aromatic heterocycles. The standard InChI is InChI=1S/C25H35N7O/c1-15-8-7-9-20(14-15)32-23-21(16(2)31-32)22(26-17(3)27-23)28-18-10-12-19(13-11-18)29-24(33)30-25(4,5)6/h7-9,14,18-19H,10-13H2,1-6H3,(H,26,27,28)(H2,29,30,33). The van der Waals surface area contributed by atoms with Crippen LogP contribution in [0.25, 0.3) is 16.7 Å². The van der Waals surface area contributed by atoms with Crippen molar-refractivity contribution in [2.24, 2.45) is 0 Å². The number of aryl methyl sites for hydroxylation is 3. The van der Waals surface area contributed by atoms with Gasteiger partial charge in [-0.3, -0.25) is 0 Å². The fraction of sp³-hybridized carbons (Fsp3) is 0.520. The van der Waals surface area contributed by atoms with Gasteiger partial charge in [-0.1, -0.05) is 12.1 Å². The molecule has 2 heterocycles. The van der Waals surface area contributed by atoms with Crippen LogP contribution in [0.5, 0.6) is 0 Å². The van der Waals surface area contributed by atoms with E-state index in [0.717, 1.165) is 53.9 Å². The van der Waals surface area contributed by atoms with E-state index >= 15 is 0 Å². The summed E-state index contributed by atoms with van der Waals surface area (Å²) in [5.41, 5.74) is 3.67. The molecule has 0 radical (unpaired) electrons. The van der Waals surface area contributed by atoms with Crippen LogP contribution in [0.15, 0.2) is 24.3 Å². The van der Waals surface area contributed by atoms with Crippen LogP contribution in [-0.4, -0.2) is 43.4 Å². The van der Waals surface area contributed by atoms with Gasteiger partial charge in [0, 0.05) is 17.6 Å². The minimum atomic E-state index is -0.236. The van der Waals surface area contributed by atoms with Crippen LogP contribution in [0, 0.1) is 20.8 Å². The molecule has 0 saturated heterocycles. The largest absolute Gasteiger partial charge is 0.367 e. The molecule has 0 spiro atoms. The van der Waals surface area contributed by atoms with Crippen molar-refractivity contribution in [3.8, 4) is 5.69 Å². The van der Waals surface area contributed by atoms with Crippen molar-refractivity contribution < 1.29 is 4.79 Å². The van der Waals surface area contributed by atoms with Crippen molar-refractivity contribution in [1.29, 1.82) is 0 Å². The SMILES string of the molecule is Cc1cccc(-n2nc(C)c3c(NC4CCC(NC(=O)NC(C)(C)C)CC4)nc(C)nc32)c1. The van der Waals surface area contributed by atoms with E-state index in [4.69, 9.17) is 15.1 Å². The zero-order chi connectivity index (χ0) is 23.8. The molecule has 3 aromatic rings. The molecule has 0 unspecified atom stereocenters. The van der Waals surface area contributed by atoms with Gasteiger partial charge in [0.15, 0.2) is 5.65 Å². The number of rotatable bonds is 4. The zero-order valence-electron chi connectivity index (χ0n) is 20.5. The number of anilines is 1. The lowest BCUT2D eigenvalue weighted by molar-refractivity contribution is 0.223. The summed E-state index contributed by atoms with van der Waals surface area (Å²) in [4.78, 5) is 21.7. The highest BCUT2D eigenvalue weighted by atomic mass is 16.2. The van der Waals surface area contributed by atoms with Crippen molar-refractivity contribution in [3.05, 3.63) is 41.3 Å². The lowest BCUT2D eigenvalue weighted by Gasteiger charge is -2.31. The summed E-state index contributed by atoms with van der Waals surface area (Å²) in [6, 6.07) is 8.68. The summed E-state index contributed by atoms with van der Waals surface area (Å²) in [5, 5.41) is 15.5. The van der Waals surface area contributed by atoms with Crippen molar-refractivity contribution in [2.45, 2.75) is 84.8 Å². The number of carbonyl (C=O) groups excluding carboxylic acids is 1. The topological polar surface area (TPSA) is 96.8 Å². The van der Waals surface area contributed by atoms with Gasteiger partial charge >= 0.3 is 6.03 Å². The number of fused-ring (bicyclic) bond motifs is 1. The first-order valence-corrected chi connectivity index (χ1v) is 11.8. The second-order valence-electron chi connectivity index (χ2n) is 10.2. The van der Waals surface area contributed by atoms with Gasteiger partial charge in [0.05, 0.1) is 16.8 Å². The van der Waals surface area contributed by atoms with Gasteiger partial charge in [-0.15, -0.1) is 0 Å². The smallest absolute Gasteiger partial charge is 0.315 e. The molecule has 176 valence electrons. The Morgan fingerprint density at radius 3 is 2.39 bits per heavy atom. The minimum absolute atomic E-state index is 0.0915. The Labute approximate surface area is 195 Å². The van der Waals surface area contributed by atoms with Crippen molar-refractivity contribution in [3.63, 3.8) is 0 Å². The number of nitrogens with one attached hydrogen (secondary N) is 3. The average Bonchev–Trinajstić information content (AvgIpc) is 3.04. The molecule has 1 aliphatic carbocycles. The minimum Gasteiger partial charge on any atom is -0.367 e. The third-order valence-corrected chi connectivity index (χ3v) is 5.95. The molecule has 33 heavy (non-hydrogen) atoms. The van der Waals surface area contributed by atoms with E-state index in [1.165, 1.54) is 5.56 Å². The summed E-state index contributed by atoms with van der Waals surface area (Å²) >= 11 is 0. The Bertz CT molecular complexity index is 1150. The maximum Gasteiger partial charge on any atom is 0.315 e. The number of urea groups is 1. The van der Waals surface area contributed by atoms with Crippen molar-refractivity contribution >= 4 is 22.9 Å². The number of benzene rings is 1. The van der Waals surface area contributed by atoms with E-state index < -0.39 is 0 Å². The number of carbonyl (C=O) groups is 1. The second kappa shape index (κ2) is 9.00. The van der Waals surface area contributed by atoms with Crippen molar-refractivity contribution in [1.82, 2.24) is 30.4 Å². The fourth-order valence-electron chi connectivity index (χ4n) is 4.47. The highest BCUT2D eigenvalue weighted by molar-refractivity contribution is 5.90. The van der Waals surface area contributed by atoms with Gasteiger partial charge < -0.3 is 16.0 Å². The van der Waals surface area contributed by atoms with E-state index in [0.29, 0.717) is 11.9 Å². The van der Waals surface area contributed by atoms with Gasteiger partial charge in [-0.25, -0.2) is 19.4 Å². The van der Waals surface area contributed by atoms with Gasteiger partial charge in [0.2, 0.25) is 0 Å². The van der Waals surface area contributed by atoms with Crippen LogP contribution in [0.1, 0.15) is 63.5 Å². The van der Waals surface area contributed by atoms with Gasteiger partial charge in [0.25, 0.3) is 0 Å². The number of hydrogen-bond acceptors (Lipinski definition) is 5. The quantitative estimate of drug-likeness (QED) is 0.542. The number of hydrogen-bond donors (Lipinski definition) is 3. The molecule has 1 aliphatic rings. The Morgan fingerprint density at radius 2 is 1.73 bits per heavy atom. The molecule has 8 heteroatoms. The molecule has 1 saturated carbocycles. The Hall–Kier alpha value is -3.16.